The second-order valence-corrected chi connectivity index (χ2v) is 4.95. The van der Waals surface area contributed by atoms with Gasteiger partial charge in [-0.15, -0.1) is 0 Å². The van der Waals surface area contributed by atoms with Gasteiger partial charge in [-0.2, -0.15) is 0 Å². The molecule has 7 heteroatoms. The molecule has 0 aliphatic carbocycles. The predicted molar refractivity (Wildman–Crippen MR) is 59.2 cm³/mol. The Bertz CT molecular complexity index is 449. The second-order valence-electron chi connectivity index (χ2n) is 3.33. The molecule has 6 nitrogen and oxygen atoms in total. The van der Waals surface area contributed by atoms with Crippen LogP contribution in [-0.2, 0) is 21.3 Å². The molecular weight excluding hydrogens is 248 g/mol. The SMILES string of the molecule is CCC(C(=O)O)S(=O)Cc1ccc(C(=O)O)o1. The van der Waals surface area contributed by atoms with Gasteiger partial charge < -0.3 is 14.6 Å². The standard InChI is InChI=1S/C10H12O6S/c1-2-8(10(13)14)17(15)5-6-3-4-7(16-6)9(11)12/h3-4,8H,2,5H2,1H3,(H,11,12)(H,13,14). The van der Waals surface area contributed by atoms with Crippen LogP contribution in [0.5, 0.6) is 0 Å². The smallest absolute Gasteiger partial charge is 0.371 e. The molecule has 0 aromatic carbocycles. The highest BCUT2D eigenvalue weighted by atomic mass is 32.2. The fourth-order valence-electron chi connectivity index (χ4n) is 1.28. The lowest BCUT2D eigenvalue weighted by Gasteiger charge is -2.07. The number of hydrogen-bond acceptors (Lipinski definition) is 4. The Morgan fingerprint density at radius 3 is 2.47 bits per heavy atom. The minimum absolute atomic E-state index is 0.0991. The summed E-state index contributed by atoms with van der Waals surface area (Å²) in [5.74, 6) is -2.48. The normalized spacial score (nSPS) is 14.2. The highest BCUT2D eigenvalue weighted by Crippen LogP contribution is 2.13. The summed E-state index contributed by atoms with van der Waals surface area (Å²) in [5.41, 5.74) is 0. The number of rotatable bonds is 6. The van der Waals surface area contributed by atoms with Crippen LogP contribution in [0.2, 0.25) is 0 Å². The van der Waals surface area contributed by atoms with E-state index in [4.69, 9.17) is 14.6 Å². The first-order chi connectivity index (χ1) is 7.95. The maximum absolute atomic E-state index is 11.7. The van der Waals surface area contributed by atoms with Crippen LogP contribution in [-0.4, -0.2) is 31.6 Å². The number of aromatic carboxylic acids is 1. The summed E-state index contributed by atoms with van der Waals surface area (Å²) in [5, 5.41) is 16.4. The molecule has 1 aromatic heterocycles. The van der Waals surface area contributed by atoms with E-state index in [9.17, 15) is 13.8 Å². The van der Waals surface area contributed by atoms with Crippen LogP contribution >= 0.6 is 0 Å². The molecule has 0 fully saturated rings. The third-order valence-electron chi connectivity index (χ3n) is 2.12. The number of carboxylic acids is 2. The zero-order chi connectivity index (χ0) is 13.0. The van der Waals surface area contributed by atoms with Gasteiger partial charge in [-0.25, -0.2) is 4.79 Å². The zero-order valence-electron chi connectivity index (χ0n) is 9.08. The molecule has 0 spiro atoms. The maximum atomic E-state index is 11.7. The largest absolute Gasteiger partial charge is 0.480 e. The van der Waals surface area contributed by atoms with Gasteiger partial charge in [0.2, 0.25) is 5.76 Å². The summed E-state index contributed by atoms with van der Waals surface area (Å²) in [4.78, 5) is 21.3. The molecule has 0 amide bonds. The van der Waals surface area contributed by atoms with Gasteiger partial charge in [0.1, 0.15) is 11.0 Å². The topological polar surface area (TPSA) is 105 Å². The van der Waals surface area contributed by atoms with Gasteiger partial charge in [0.25, 0.3) is 0 Å². The van der Waals surface area contributed by atoms with Crippen molar-refractivity contribution in [1.29, 1.82) is 0 Å². The van der Waals surface area contributed by atoms with Crippen LogP contribution in [0.15, 0.2) is 16.5 Å². The van der Waals surface area contributed by atoms with Crippen LogP contribution < -0.4 is 0 Å². The first-order valence-corrected chi connectivity index (χ1v) is 6.26. The van der Waals surface area contributed by atoms with Crippen molar-refractivity contribution in [3.63, 3.8) is 0 Å². The highest BCUT2D eigenvalue weighted by Gasteiger charge is 2.23. The molecular formula is C10H12O6S. The van der Waals surface area contributed by atoms with Crippen LogP contribution in [0.4, 0.5) is 0 Å². The lowest BCUT2D eigenvalue weighted by atomic mass is 10.3. The molecule has 1 heterocycles. The molecule has 0 saturated carbocycles. The lowest BCUT2D eigenvalue weighted by Crippen LogP contribution is -2.25. The van der Waals surface area contributed by atoms with Crippen molar-refractivity contribution in [2.24, 2.45) is 0 Å². The first-order valence-electron chi connectivity index (χ1n) is 4.87. The van der Waals surface area contributed by atoms with Crippen molar-refractivity contribution < 1.29 is 28.4 Å². The molecule has 0 aliphatic heterocycles. The maximum Gasteiger partial charge on any atom is 0.371 e. The Morgan fingerprint density at radius 2 is 2.06 bits per heavy atom. The summed E-state index contributed by atoms with van der Waals surface area (Å²) in [7, 11) is -1.63. The summed E-state index contributed by atoms with van der Waals surface area (Å²) in [6.45, 7) is 1.63. The van der Waals surface area contributed by atoms with E-state index < -0.39 is 28.0 Å². The van der Waals surface area contributed by atoms with Crippen molar-refractivity contribution in [3.8, 4) is 0 Å². The van der Waals surface area contributed by atoms with Crippen molar-refractivity contribution >= 4 is 22.7 Å². The van der Waals surface area contributed by atoms with E-state index in [0.29, 0.717) is 0 Å². The van der Waals surface area contributed by atoms with Crippen molar-refractivity contribution in [2.75, 3.05) is 0 Å². The Labute approximate surface area is 99.7 Å². The van der Waals surface area contributed by atoms with Gasteiger partial charge in [0, 0.05) is 10.8 Å². The fraction of sp³-hybridized carbons (Fsp3) is 0.400. The Hall–Kier alpha value is -1.63. The molecule has 0 saturated heterocycles. The van der Waals surface area contributed by atoms with Gasteiger partial charge >= 0.3 is 11.9 Å². The third-order valence-corrected chi connectivity index (χ3v) is 3.86. The van der Waals surface area contributed by atoms with E-state index in [-0.39, 0.29) is 23.7 Å². The number of furan rings is 1. The quantitative estimate of drug-likeness (QED) is 0.793. The molecule has 1 rings (SSSR count). The molecule has 2 atom stereocenters. The minimum atomic E-state index is -1.63. The predicted octanol–water partition coefficient (Wildman–Crippen LogP) is 1.09. The van der Waals surface area contributed by atoms with Gasteiger partial charge in [-0.05, 0) is 18.6 Å². The molecule has 0 bridgehead atoms. The van der Waals surface area contributed by atoms with E-state index in [1.807, 2.05) is 0 Å². The lowest BCUT2D eigenvalue weighted by molar-refractivity contribution is -0.136. The van der Waals surface area contributed by atoms with Crippen LogP contribution in [0.1, 0.15) is 29.7 Å². The fourth-order valence-corrected chi connectivity index (χ4v) is 2.52. The summed E-state index contributed by atoms with van der Waals surface area (Å²) < 4.78 is 16.6. The van der Waals surface area contributed by atoms with Crippen LogP contribution in [0, 0.1) is 0 Å². The average Bonchev–Trinajstić information content (AvgIpc) is 2.66. The molecule has 17 heavy (non-hydrogen) atoms. The average molecular weight is 260 g/mol. The molecule has 2 unspecified atom stereocenters. The number of carbonyl (C=O) groups is 2. The van der Waals surface area contributed by atoms with Crippen molar-refractivity contribution in [1.82, 2.24) is 0 Å². The summed E-state index contributed by atoms with van der Waals surface area (Å²) in [6, 6.07) is 2.63. The van der Waals surface area contributed by atoms with E-state index in [2.05, 4.69) is 0 Å². The monoisotopic (exact) mass is 260 g/mol. The molecule has 0 radical (unpaired) electrons. The second kappa shape index (κ2) is 5.62. The van der Waals surface area contributed by atoms with E-state index in [1.54, 1.807) is 6.92 Å². The Balaban J connectivity index is 2.73. The summed E-state index contributed by atoms with van der Waals surface area (Å²) >= 11 is 0. The van der Waals surface area contributed by atoms with E-state index in [1.165, 1.54) is 12.1 Å². The van der Waals surface area contributed by atoms with Crippen LogP contribution in [0.25, 0.3) is 0 Å². The number of hydrogen-bond donors (Lipinski definition) is 2. The van der Waals surface area contributed by atoms with Gasteiger partial charge in [-0.3, -0.25) is 9.00 Å². The molecule has 0 aliphatic rings. The van der Waals surface area contributed by atoms with Gasteiger partial charge in [0.05, 0.1) is 5.75 Å². The van der Waals surface area contributed by atoms with Crippen molar-refractivity contribution in [3.05, 3.63) is 23.7 Å². The highest BCUT2D eigenvalue weighted by molar-refractivity contribution is 7.85. The molecule has 2 N–H and O–H groups in total. The van der Waals surface area contributed by atoms with Crippen LogP contribution in [0.3, 0.4) is 0 Å². The molecule has 1 aromatic rings. The first kappa shape index (κ1) is 13.4. The third kappa shape index (κ3) is 3.42. The van der Waals surface area contributed by atoms with Crippen molar-refractivity contribution in [2.45, 2.75) is 24.3 Å². The number of carboxylic acid groups (broad SMARTS) is 2. The molecule has 94 valence electrons. The number of aliphatic carboxylic acids is 1. The zero-order valence-corrected chi connectivity index (χ0v) is 9.90. The minimum Gasteiger partial charge on any atom is -0.480 e. The van der Waals surface area contributed by atoms with Gasteiger partial charge in [-0.1, -0.05) is 6.92 Å². The van der Waals surface area contributed by atoms with Gasteiger partial charge in [0.15, 0.2) is 0 Å². The Kier molecular flexibility index (Phi) is 4.45. The Morgan fingerprint density at radius 1 is 1.41 bits per heavy atom. The summed E-state index contributed by atoms with van der Waals surface area (Å²) in [6.07, 6.45) is 0.244. The van der Waals surface area contributed by atoms with E-state index in [0.717, 1.165) is 0 Å². The van der Waals surface area contributed by atoms with E-state index >= 15 is 0 Å².